The first kappa shape index (κ1) is 18.3. The van der Waals surface area contributed by atoms with Crippen molar-refractivity contribution in [3.63, 3.8) is 0 Å². The monoisotopic (exact) mass is 388 g/mol. The van der Waals surface area contributed by atoms with Crippen molar-refractivity contribution in [2.45, 2.75) is 19.6 Å². The van der Waals surface area contributed by atoms with Gasteiger partial charge in [-0.3, -0.25) is 4.68 Å². The van der Waals surface area contributed by atoms with Crippen LogP contribution in [0, 0.1) is 0 Å². The van der Waals surface area contributed by atoms with Gasteiger partial charge in [-0.05, 0) is 34.9 Å². The summed E-state index contributed by atoms with van der Waals surface area (Å²) in [5, 5.41) is 10.9. The first-order valence-electron chi connectivity index (χ1n) is 8.11. The molecule has 0 fully saturated rings. The number of aromatic nitrogens is 2. The zero-order valence-corrected chi connectivity index (χ0v) is 15.5. The molecule has 0 atom stereocenters. The Labute approximate surface area is 161 Å². The molecule has 2 amide bonds. The molecule has 0 radical (unpaired) electrons. The average molecular weight is 389 g/mol. The van der Waals surface area contributed by atoms with Crippen LogP contribution in [0.25, 0.3) is 0 Å². The molecule has 0 aliphatic heterocycles. The lowest BCUT2D eigenvalue weighted by Crippen LogP contribution is -2.34. The van der Waals surface area contributed by atoms with Crippen molar-refractivity contribution in [3.8, 4) is 0 Å². The SMILES string of the molecule is O=C(NCc1cccc(Cn2cccn2)c1)NCc1ccc(Cl)cc1Cl. The molecule has 134 valence electrons. The Hall–Kier alpha value is -2.50. The fourth-order valence-corrected chi connectivity index (χ4v) is 2.98. The molecule has 0 unspecified atom stereocenters. The third-order valence-electron chi connectivity index (χ3n) is 3.80. The fraction of sp³-hybridized carbons (Fsp3) is 0.158. The zero-order valence-electron chi connectivity index (χ0n) is 14.0. The first-order chi connectivity index (χ1) is 12.6. The highest BCUT2D eigenvalue weighted by Crippen LogP contribution is 2.20. The number of rotatable bonds is 6. The van der Waals surface area contributed by atoms with E-state index in [9.17, 15) is 4.79 Å². The second-order valence-electron chi connectivity index (χ2n) is 5.80. The van der Waals surface area contributed by atoms with E-state index < -0.39 is 0 Å². The smallest absolute Gasteiger partial charge is 0.315 e. The number of amides is 2. The van der Waals surface area contributed by atoms with Crippen LogP contribution in [0.4, 0.5) is 4.79 Å². The fourth-order valence-electron chi connectivity index (χ4n) is 2.50. The van der Waals surface area contributed by atoms with Crippen molar-refractivity contribution < 1.29 is 4.79 Å². The predicted octanol–water partition coefficient (Wildman–Crippen LogP) is 4.24. The van der Waals surface area contributed by atoms with E-state index in [4.69, 9.17) is 23.2 Å². The highest BCUT2D eigenvalue weighted by molar-refractivity contribution is 6.35. The number of carbonyl (C=O) groups excluding carboxylic acids is 1. The molecule has 0 aliphatic rings. The lowest BCUT2D eigenvalue weighted by molar-refractivity contribution is 0.240. The van der Waals surface area contributed by atoms with Crippen molar-refractivity contribution in [2.24, 2.45) is 0 Å². The van der Waals surface area contributed by atoms with E-state index in [1.165, 1.54) is 0 Å². The van der Waals surface area contributed by atoms with Crippen molar-refractivity contribution >= 4 is 29.2 Å². The van der Waals surface area contributed by atoms with Crippen LogP contribution in [-0.4, -0.2) is 15.8 Å². The standard InChI is InChI=1S/C19H18Cl2N4O/c20-17-6-5-16(18(21)10-17)12-23-19(26)22-11-14-3-1-4-15(9-14)13-25-8-2-7-24-25/h1-10H,11-13H2,(H2,22,23,26). The molecule has 5 nitrogen and oxygen atoms in total. The Morgan fingerprint density at radius 1 is 1.00 bits per heavy atom. The van der Waals surface area contributed by atoms with Crippen LogP contribution in [0.15, 0.2) is 60.9 Å². The molecule has 3 rings (SSSR count). The van der Waals surface area contributed by atoms with Gasteiger partial charge in [0.15, 0.2) is 0 Å². The topological polar surface area (TPSA) is 59.0 Å². The number of halogens is 2. The number of hydrogen-bond donors (Lipinski definition) is 2. The molecule has 1 heterocycles. The van der Waals surface area contributed by atoms with E-state index in [0.717, 1.165) is 16.7 Å². The maximum atomic E-state index is 12.0. The minimum atomic E-state index is -0.256. The molecule has 0 aliphatic carbocycles. The maximum Gasteiger partial charge on any atom is 0.315 e. The van der Waals surface area contributed by atoms with Crippen LogP contribution in [0.1, 0.15) is 16.7 Å². The van der Waals surface area contributed by atoms with E-state index in [2.05, 4.69) is 21.8 Å². The summed E-state index contributed by atoms with van der Waals surface area (Å²) in [7, 11) is 0. The summed E-state index contributed by atoms with van der Waals surface area (Å²) in [6.07, 6.45) is 3.67. The summed E-state index contributed by atoms with van der Waals surface area (Å²) in [5.74, 6) is 0. The van der Waals surface area contributed by atoms with Crippen LogP contribution in [0.3, 0.4) is 0 Å². The summed E-state index contributed by atoms with van der Waals surface area (Å²) in [5.41, 5.74) is 2.96. The third kappa shape index (κ3) is 5.25. The molecule has 2 N–H and O–H groups in total. The van der Waals surface area contributed by atoms with Gasteiger partial charge in [-0.15, -0.1) is 0 Å². The maximum absolute atomic E-state index is 12.0. The van der Waals surface area contributed by atoms with Gasteiger partial charge < -0.3 is 10.6 Å². The Kier molecular flexibility index (Phi) is 6.15. The van der Waals surface area contributed by atoms with Gasteiger partial charge in [-0.25, -0.2) is 4.79 Å². The number of carbonyl (C=O) groups is 1. The lowest BCUT2D eigenvalue weighted by atomic mass is 10.1. The Bertz CT molecular complexity index is 881. The molecule has 26 heavy (non-hydrogen) atoms. The minimum absolute atomic E-state index is 0.256. The number of benzene rings is 2. The van der Waals surface area contributed by atoms with Crippen LogP contribution in [0.5, 0.6) is 0 Å². The Morgan fingerprint density at radius 2 is 1.81 bits per heavy atom. The van der Waals surface area contributed by atoms with Gasteiger partial charge in [0.05, 0.1) is 6.54 Å². The van der Waals surface area contributed by atoms with Gasteiger partial charge in [0.2, 0.25) is 0 Å². The summed E-state index contributed by atoms with van der Waals surface area (Å²) < 4.78 is 1.86. The van der Waals surface area contributed by atoms with Crippen LogP contribution in [-0.2, 0) is 19.6 Å². The molecule has 2 aromatic carbocycles. The molecule has 0 saturated heterocycles. The first-order valence-corrected chi connectivity index (χ1v) is 8.86. The Balaban J connectivity index is 1.49. The van der Waals surface area contributed by atoms with E-state index >= 15 is 0 Å². The molecular formula is C19H18Cl2N4O. The molecule has 3 aromatic rings. The van der Waals surface area contributed by atoms with Gasteiger partial charge in [-0.1, -0.05) is 53.5 Å². The average Bonchev–Trinajstić information content (AvgIpc) is 3.12. The lowest BCUT2D eigenvalue weighted by Gasteiger charge is -2.10. The molecular weight excluding hydrogens is 371 g/mol. The number of urea groups is 1. The third-order valence-corrected chi connectivity index (χ3v) is 4.39. The summed E-state index contributed by atoms with van der Waals surface area (Å²) >= 11 is 12.0. The summed E-state index contributed by atoms with van der Waals surface area (Å²) in [4.78, 5) is 12.0. The van der Waals surface area contributed by atoms with E-state index in [-0.39, 0.29) is 6.03 Å². The quantitative estimate of drug-likeness (QED) is 0.663. The van der Waals surface area contributed by atoms with Crippen LogP contribution >= 0.6 is 23.2 Å². The van der Waals surface area contributed by atoms with Crippen molar-refractivity contribution in [1.82, 2.24) is 20.4 Å². The van der Waals surface area contributed by atoms with Crippen molar-refractivity contribution in [2.75, 3.05) is 0 Å². The highest BCUT2D eigenvalue weighted by Gasteiger charge is 2.05. The van der Waals surface area contributed by atoms with Crippen LogP contribution < -0.4 is 10.6 Å². The van der Waals surface area contributed by atoms with Gasteiger partial charge in [-0.2, -0.15) is 5.10 Å². The summed E-state index contributed by atoms with van der Waals surface area (Å²) in [6.45, 7) is 1.47. The van der Waals surface area contributed by atoms with E-state index in [1.54, 1.807) is 24.4 Å². The highest BCUT2D eigenvalue weighted by atomic mass is 35.5. The molecule has 0 bridgehead atoms. The molecule has 0 saturated carbocycles. The van der Waals surface area contributed by atoms with Crippen molar-refractivity contribution in [1.29, 1.82) is 0 Å². The van der Waals surface area contributed by atoms with Crippen molar-refractivity contribution in [3.05, 3.63) is 87.7 Å². The second-order valence-corrected chi connectivity index (χ2v) is 6.64. The largest absolute Gasteiger partial charge is 0.334 e. The zero-order chi connectivity index (χ0) is 18.4. The molecule has 0 spiro atoms. The normalized spacial score (nSPS) is 10.5. The van der Waals surface area contributed by atoms with Gasteiger partial charge >= 0.3 is 6.03 Å². The summed E-state index contributed by atoms with van der Waals surface area (Å²) in [6, 6.07) is 14.9. The Morgan fingerprint density at radius 3 is 2.58 bits per heavy atom. The van der Waals surface area contributed by atoms with Gasteiger partial charge in [0, 0.05) is 35.5 Å². The van der Waals surface area contributed by atoms with E-state index in [1.807, 2.05) is 35.1 Å². The molecule has 1 aromatic heterocycles. The van der Waals surface area contributed by atoms with Gasteiger partial charge in [0.1, 0.15) is 0 Å². The predicted molar refractivity (Wildman–Crippen MR) is 103 cm³/mol. The number of nitrogens with one attached hydrogen (secondary N) is 2. The number of nitrogens with zero attached hydrogens (tertiary/aromatic N) is 2. The van der Waals surface area contributed by atoms with Crippen LogP contribution in [0.2, 0.25) is 10.0 Å². The number of hydrogen-bond acceptors (Lipinski definition) is 2. The molecule has 7 heteroatoms. The minimum Gasteiger partial charge on any atom is -0.334 e. The van der Waals surface area contributed by atoms with E-state index in [0.29, 0.717) is 29.7 Å². The van der Waals surface area contributed by atoms with Gasteiger partial charge in [0.25, 0.3) is 0 Å². The second kappa shape index (κ2) is 8.74.